The summed E-state index contributed by atoms with van der Waals surface area (Å²) in [5, 5.41) is 12.0. The van der Waals surface area contributed by atoms with Crippen LogP contribution in [0.25, 0.3) is 0 Å². The molecule has 4 bridgehead atoms. The highest BCUT2D eigenvalue weighted by molar-refractivity contribution is 6.26. The van der Waals surface area contributed by atoms with Crippen molar-refractivity contribution in [3.05, 3.63) is 35.5 Å². The SMILES string of the molecule is COC(=O)CC1C2(C)CC3(OC(=O)CCl)C4OC(=O)/C(=C(\O)C(C)C)C5C(C)(C(OC(C)=O)c6ccoc6)CCC67OC(C)(OC546)OC3(C2)C17C. The average Bonchev–Trinajstić information content (AvgIpc) is 3.76. The Kier molecular flexibility index (Phi) is 7.05. The minimum atomic E-state index is -1.75. The van der Waals surface area contributed by atoms with E-state index in [1.807, 2.05) is 20.8 Å². The first-order chi connectivity index (χ1) is 23.8. The normalized spacial score (nSPS) is 48.2. The van der Waals surface area contributed by atoms with E-state index in [1.54, 1.807) is 26.8 Å². The summed E-state index contributed by atoms with van der Waals surface area (Å²) in [6.45, 7) is 12.4. The van der Waals surface area contributed by atoms with E-state index in [2.05, 4.69) is 0 Å². The van der Waals surface area contributed by atoms with Gasteiger partial charge in [0.15, 0.2) is 17.3 Å². The monoisotopic (exact) mass is 732 g/mol. The molecule has 4 heterocycles. The molecular weight excluding hydrogens is 688 g/mol. The van der Waals surface area contributed by atoms with E-state index in [1.165, 1.54) is 26.6 Å². The number of fused-ring (bicyclic) bond motifs is 3. The number of hydrogen-bond donors (Lipinski definition) is 1. The third kappa shape index (κ3) is 3.69. The smallest absolute Gasteiger partial charge is 0.338 e. The number of rotatable bonds is 8. The van der Waals surface area contributed by atoms with Gasteiger partial charge in [-0.2, -0.15) is 0 Å². The summed E-state index contributed by atoms with van der Waals surface area (Å²) in [7, 11) is 1.34. The molecule has 1 aromatic rings. The van der Waals surface area contributed by atoms with Crippen molar-refractivity contribution in [2.24, 2.45) is 34.0 Å². The number of halogens is 1. The highest BCUT2D eigenvalue weighted by Gasteiger charge is 3.03. The van der Waals surface area contributed by atoms with E-state index in [0.717, 1.165) is 0 Å². The Morgan fingerprint density at radius 2 is 1.75 bits per heavy atom. The van der Waals surface area contributed by atoms with Gasteiger partial charge in [0.05, 0.1) is 25.2 Å². The zero-order valence-electron chi connectivity index (χ0n) is 30.1. The molecule has 12 unspecified atom stereocenters. The number of hydrogen-bond acceptors (Lipinski definition) is 13. The van der Waals surface area contributed by atoms with Crippen molar-refractivity contribution in [2.75, 3.05) is 13.0 Å². The summed E-state index contributed by atoms with van der Waals surface area (Å²) >= 11 is 6.15. The first kappa shape index (κ1) is 34.9. The molecule has 0 radical (unpaired) electrons. The van der Waals surface area contributed by atoms with Crippen molar-refractivity contribution in [2.45, 2.75) is 121 Å². The van der Waals surface area contributed by atoms with E-state index in [-0.39, 0.29) is 30.6 Å². The molecule has 7 aliphatic rings. The lowest BCUT2D eigenvalue weighted by Crippen LogP contribution is -2.92. The van der Waals surface area contributed by atoms with E-state index in [0.29, 0.717) is 18.4 Å². The fourth-order valence-corrected chi connectivity index (χ4v) is 13.0. The quantitative estimate of drug-likeness (QED) is 0.122. The molecule has 1 N–H and O–H groups in total. The lowest BCUT2D eigenvalue weighted by Gasteiger charge is -2.77. The number of carbonyl (C=O) groups excluding carboxylic acids is 4. The van der Waals surface area contributed by atoms with Crippen molar-refractivity contribution in [1.82, 2.24) is 0 Å². The van der Waals surface area contributed by atoms with Crippen molar-refractivity contribution < 1.29 is 61.9 Å². The van der Waals surface area contributed by atoms with Crippen LogP contribution in [-0.4, -0.2) is 76.5 Å². The Morgan fingerprint density at radius 3 is 2.35 bits per heavy atom. The van der Waals surface area contributed by atoms with Crippen LogP contribution in [0.3, 0.4) is 0 Å². The molecule has 3 spiro atoms. The third-order valence-electron chi connectivity index (χ3n) is 14.1. The van der Waals surface area contributed by atoms with Gasteiger partial charge in [-0.1, -0.05) is 34.6 Å². The standard InChI is InChI=1S/C37H45ClO13/c1-18(2)25(42)24-26-31(5,27(46-19(3)39)20-9-12-45-15-20)10-11-35-32(6)21(13-22(40)44-8)30(4)16-34(48-23(41)14-38)29(47-28(24)43)37(26,35)51-33(7,49-35)50-36(32,34)17-30/h9,12,15,18,21,26-27,29,42H,10-11,13-14,16-17H2,1-8H3/b25-24-. The predicted molar refractivity (Wildman–Crippen MR) is 173 cm³/mol. The molecule has 7 fully saturated rings. The summed E-state index contributed by atoms with van der Waals surface area (Å²) in [4.78, 5) is 54.5. The second-order valence-electron chi connectivity index (χ2n) is 16.9. The van der Waals surface area contributed by atoms with Crippen LogP contribution < -0.4 is 0 Å². The molecule has 0 aromatic carbocycles. The molecular formula is C37H45ClO13. The number of ether oxygens (including phenoxy) is 7. The number of furan rings is 1. The minimum Gasteiger partial charge on any atom is -0.511 e. The highest BCUT2D eigenvalue weighted by Crippen LogP contribution is 2.90. The molecule has 4 aliphatic carbocycles. The predicted octanol–water partition coefficient (Wildman–Crippen LogP) is 5.19. The first-order valence-electron chi connectivity index (χ1n) is 17.6. The van der Waals surface area contributed by atoms with E-state index >= 15 is 0 Å². The second-order valence-corrected chi connectivity index (χ2v) is 17.1. The van der Waals surface area contributed by atoms with Crippen LogP contribution in [0.1, 0.15) is 92.2 Å². The molecule has 51 heavy (non-hydrogen) atoms. The van der Waals surface area contributed by atoms with Crippen molar-refractivity contribution >= 4 is 35.5 Å². The molecule has 4 saturated carbocycles. The number of alkyl halides is 1. The Balaban J connectivity index is 1.50. The van der Waals surface area contributed by atoms with Crippen LogP contribution in [0.4, 0.5) is 0 Å². The number of allylic oxidation sites excluding steroid dienone is 1. The molecule has 278 valence electrons. The lowest BCUT2D eigenvalue weighted by molar-refractivity contribution is -0.471. The van der Waals surface area contributed by atoms with Gasteiger partial charge in [-0.3, -0.25) is 14.4 Å². The maximum atomic E-state index is 14.8. The van der Waals surface area contributed by atoms with Crippen LogP contribution in [0.15, 0.2) is 34.3 Å². The van der Waals surface area contributed by atoms with Gasteiger partial charge in [0.1, 0.15) is 28.9 Å². The molecule has 12 atom stereocenters. The average molecular weight is 733 g/mol. The van der Waals surface area contributed by atoms with Gasteiger partial charge in [0.2, 0.25) is 0 Å². The molecule has 1 aromatic heterocycles. The molecule has 0 amide bonds. The Labute approximate surface area is 300 Å². The van der Waals surface area contributed by atoms with Gasteiger partial charge in [0, 0.05) is 48.5 Å². The maximum absolute atomic E-state index is 14.8. The molecule has 14 heteroatoms. The fourth-order valence-electron chi connectivity index (χ4n) is 13.0. The number of esters is 4. The third-order valence-corrected chi connectivity index (χ3v) is 14.3. The van der Waals surface area contributed by atoms with Crippen molar-refractivity contribution in [3.8, 4) is 0 Å². The van der Waals surface area contributed by atoms with E-state index in [4.69, 9.17) is 49.2 Å². The number of methoxy groups -OCH3 is 1. The van der Waals surface area contributed by atoms with Crippen LogP contribution in [0.2, 0.25) is 0 Å². The van der Waals surface area contributed by atoms with Gasteiger partial charge >= 0.3 is 23.9 Å². The zero-order valence-corrected chi connectivity index (χ0v) is 30.8. The summed E-state index contributed by atoms with van der Waals surface area (Å²) < 4.78 is 51.6. The summed E-state index contributed by atoms with van der Waals surface area (Å²) in [5.41, 5.74) is -8.71. The van der Waals surface area contributed by atoms with E-state index in [9.17, 15) is 24.3 Å². The number of aliphatic hydroxyl groups is 1. The van der Waals surface area contributed by atoms with Gasteiger partial charge in [-0.15, -0.1) is 11.6 Å². The highest BCUT2D eigenvalue weighted by atomic mass is 35.5. The van der Waals surface area contributed by atoms with Gasteiger partial charge in [-0.25, -0.2) is 4.79 Å². The Bertz CT molecular complexity index is 1770. The molecule has 3 saturated heterocycles. The lowest BCUT2D eigenvalue weighted by atomic mass is 9.33. The van der Waals surface area contributed by atoms with E-state index < -0.39 is 104 Å². The fraction of sp³-hybridized carbons (Fsp3) is 0.730. The summed E-state index contributed by atoms with van der Waals surface area (Å²) in [5.74, 6) is -7.13. The molecule has 3 aliphatic heterocycles. The summed E-state index contributed by atoms with van der Waals surface area (Å²) in [6.07, 6.45) is 1.64. The maximum Gasteiger partial charge on any atom is 0.338 e. The van der Waals surface area contributed by atoms with Crippen molar-refractivity contribution in [3.63, 3.8) is 0 Å². The van der Waals surface area contributed by atoms with Crippen LogP contribution >= 0.6 is 11.6 Å². The summed E-state index contributed by atoms with van der Waals surface area (Å²) in [6, 6.07) is 1.69. The minimum absolute atomic E-state index is 0.00344. The topological polar surface area (TPSA) is 166 Å². The van der Waals surface area contributed by atoms with Gasteiger partial charge in [-0.05, 0) is 43.1 Å². The van der Waals surface area contributed by atoms with Crippen LogP contribution in [-0.2, 0) is 52.3 Å². The number of carbonyl (C=O) groups is 4. The Morgan fingerprint density at radius 1 is 1.04 bits per heavy atom. The largest absolute Gasteiger partial charge is 0.511 e. The number of aliphatic hydroxyl groups excluding tert-OH is 1. The second kappa shape index (κ2) is 10.3. The molecule has 13 nitrogen and oxygen atoms in total. The van der Waals surface area contributed by atoms with Gasteiger partial charge in [0.25, 0.3) is 5.97 Å². The van der Waals surface area contributed by atoms with Crippen LogP contribution in [0, 0.1) is 34.0 Å². The van der Waals surface area contributed by atoms with Crippen molar-refractivity contribution in [1.29, 1.82) is 0 Å². The van der Waals surface area contributed by atoms with Gasteiger partial charge < -0.3 is 42.7 Å². The Hall–Kier alpha value is -3.13. The first-order valence-corrected chi connectivity index (χ1v) is 18.1. The molecule has 8 rings (SSSR count). The zero-order chi connectivity index (χ0) is 36.9. The van der Waals surface area contributed by atoms with Crippen LogP contribution in [0.5, 0.6) is 0 Å².